The molecule has 1 heteroatoms. The first-order valence-corrected chi connectivity index (χ1v) is 12.2. The number of rotatable bonds is 8. The van der Waals surface area contributed by atoms with Crippen molar-refractivity contribution in [2.45, 2.75) is 39.2 Å². The quantitative estimate of drug-likeness (QED) is 0.219. The predicted octanol–water partition coefficient (Wildman–Crippen LogP) is 5.29. The highest BCUT2D eigenvalue weighted by atomic mass is 28.3. The molecule has 0 aliphatic rings. The second-order valence-corrected chi connectivity index (χ2v) is 11.6. The Hall–Kier alpha value is -2.38. The molecule has 0 aliphatic heterocycles. The first-order chi connectivity index (χ1) is 13.2. The van der Waals surface area contributed by atoms with Crippen LogP contribution >= 0.6 is 0 Å². The Labute approximate surface area is 165 Å². The van der Waals surface area contributed by atoms with E-state index in [0.717, 1.165) is 0 Å². The zero-order chi connectivity index (χ0) is 19.0. The molecule has 0 spiro atoms. The summed E-state index contributed by atoms with van der Waals surface area (Å²) in [4.78, 5) is 0. The Bertz CT molecular complexity index is 734. The van der Waals surface area contributed by atoms with Crippen LogP contribution in [-0.4, -0.2) is 8.07 Å². The number of unbranched alkanes of at least 4 members (excludes halogenated alkanes) is 2. The lowest BCUT2D eigenvalue weighted by atomic mass is 10.2. The van der Waals surface area contributed by atoms with E-state index in [1.54, 1.807) is 0 Å². The average Bonchev–Trinajstić information content (AvgIpc) is 2.73. The summed E-state index contributed by atoms with van der Waals surface area (Å²) in [6.07, 6.45) is 6.07. The lowest BCUT2D eigenvalue weighted by Crippen LogP contribution is -2.66. The van der Waals surface area contributed by atoms with Crippen LogP contribution in [0.25, 0.3) is 0 Å². The molecule has 0 atom stereocenters. The minimum atomic E-state index is -2.02. The molecule has 0 radical (unpaired) electrons. The lowest BCUT2D eigenvalue weighted by Gasteiger charge is -2.34. The molecular formula is C26H30Si. The highest BCUT2D eigenvalue weighted by Crippen LogP contribution is 2.17. The third-order valence-corrected chi connectivity index (χ3v) is 10.4. The molecule has 0 nitrogen and oxygen atoms in total. The summed E-state index contributed by atoms with van der Waals surface area (Å²) in [6.45, 7) is 4.38. The third-order valence-electron chi connectivity index (χ3n) is 5.36. The first kappa shape index (κ1) is 19.4. The standard InChI is InChI=1S/C26H30Si/c1-23(2)15-7-6-14-22-27(24-16-8-3-9-17-24,25-18-10-4-11-19-25)26-20-12-5-13-21-26/h3-5,8-13,15-21H,6-7,14,22H2,1-2H3. The summed E-state index contributed by atoms with van der Waals surface area (Å²) in [7, 11) is -2.02. The molecule has 138 valence electrons. The zero-order valence-electron chi connectivity index (χ0n) is 16.6. The Morgan fingerprint density at radius 3 is 1.41 bits per heavy atom. The fourth-order valence-electron chi connectivity index (χ4n) is 4.03. The summed E-state index contributed by atoms with van der Waals surface area (Å²) in [6, 6.07) is 34.9. The molecule has 27 heavy (non-hydrogen) atoms. The molecule has 0 saturated carbocycles. The molecule has 0 amide bonds. The van der Waals surface area contributed by atoms with Crippen LogP contribution < -0.4 is 15.6 Å². The average molecular weight is 371 g/mol. The third kappa shape index (κ3) is 4.67. The van der Waals surface area contributed by atoms with E-state index in [-0.39, 0.29) is 0 Å². The molecule has 0 aromatic heterocycles. The maximum atomic E-state index is 2.37. The first-order valence-electron chi connectivity index (χ1n) is 10.0. The molecule has 0 heterocycles. The minimum Gasteiger partial charge on any atom is -0.0859 e. The van der Waals surface area contributed by atoms with E-state index in [4.69, 9.17) is 0 Å². The Balaban J connectivity index is 2.04. The number of benzene rings is 3. The van der Waals surface area contributed by atoms with Crippen molar-refractivity contribution in [1.29, 1.82) is 0 Å². The maximum Gasteiger partial charge on any atom is 0.148 e. The van der Waals surface area contributed by atoms with E-state index < -0.39 is 8.07 Å². The number of hydrogen-bond donors (Lipinski definition) is 0. The van der Waals surface area contributed by atoms with Crippen molar-refractivity contribution in [2.24, 2.45) is 0 Å². The number of allylic oxidation sites excluding steroid dienone is 2. The fraction of sp³-hybridized carbons (Fsp3) is 0.231. The molecule has 0 aliphatic carbocycles. The van der Waals surface area contributed by atoms with E-state index in [9.17, 15) is 0 Å². The van der Waals surface area contributed by atoms with Crippen molar-refractivity contribution in [1.82, 2.24) is 0 Å². The second kappa shape index (κ2) is 9.52. The second-order valence-electron chi connectivity index (χ2n) is 7.53. The summed E-state index contributed by atoms with van der Waals surface area (Å²) < 4.78 is 0. The van der Waals surface area contributed by atoms with Crippen molar-refractivity contribution >= 4 is 23.6 Å². The van der Waals surface area contributed by atoms with E-state index in [1.165, 1.54) is 46.4 Å². The van der Waals surface area contributed by atoms with Gasteiger partial charge in [0.2, 0.25) is 0 Å². The van der Waals surface area contributed by atoms with Crippen LogP contribution in [0.15, 0.2) is 103 Å². The van der Waals surface area contributed by atoms with Crippen LogP contribution in [0.4, 0.5) is 0 Å². The molecule has 3 aromatic rings. The van der Waals surface area contributed by atoms with Crippen LogP contribution in [-0.2, 0) is 0 Å². The van der Waals surface area contributed by atoms with E-state index in [1.807, 2.05) is 0 Å². The van der Waals surface area contributed by atoms with Gasteiger partial charge in [0.1, 0.15) is 8.07 Å². The van der Waals surface area contributed by atoms with E-state index in [0.29, 0.717) is 0 Å². The molecule has 0 fully saturated rings. The van der Waals surface area contributed by atoms with Crippen molar-refractivity contribution < 1.29 is 0 Å². The lowest BCUT2D eigenvalue weighted by molar-refractivity contribution is 0.803. The Morgan fingerprint density at radius 1 is 0.630 bits per heavy atom. The number of hydrogen-bond acceptors (Lipinski definition) is 0. The van der Waals surface area contributed by atoms with Gasteiger partial charge in [0.05, 0.1) is 0 Å². The van der Waals surface area contributed by atoms with Gasteiger partial charge in [0.25, 0.3) is 0 Å². The van der Waals surface area contributed by atoms with Gasteiger partial charge in [-0.25, -0.2) is 0 Å². The van der Waals surface area contributed by atoms with Crippen LogP contribution in [0.2, 0.25) is 6.04 Å². The van der Waals surface area contributed by atoms with Crippen molar-refractivity contribution in [2.75, 3.05) is 0 Å². The molecule has 0 saturated heterocycles. The van der Waals surface area contributed by atoms with Gasteiger partial charge in [-0.2, -0.15) is 0 Å². The summed E-state index contributed by atoms with van der Waals surface area (Å²) in [5, 5.41) is 4.55. The summed E-state index contributed by atoms with van der Waals surface area (Å²) in [5.74, 6) is 0. The van der Waals surface area contributed by atoms with Gasteiger partial charge in [-0.1, -0.05) is 115 Å². The minimum absolute atomic E-state index is 1.19. The molecule has 3 aromatic carbocycles. The fourth-order valence-corrected chi connectivity index (χ4v) is 8.96. The molecule has 0 unspecified atom stereocenters. The van der Waals surface area contributed by atoms with Gasteiger partial charge < -0.3 is 0 Å². The van der Waals surface area contributed by atoms with Gasteiger partial charge in [-0.05, 0) is 41.9 Å². The van der Waals surface area contributed by atoms with Crippen LogP contribution in [0.5, 0.6) is 0 Å². The van der Waals surface area contributed by atoms with E-state index in [2.05, 4.69) is 111 Å². The smallest absolute Gasteiger partial charge is 0.0859 e. The van der Waals surface area contributed by atoms with Gasteiger partial charge in [0, 0.05) is 0 Å². The van der Waals surface area contributed by atoms with Gasteiger partial charge >= 0.3 is 0 Å². The summed E-state index contributed by atoms with van der Waals surface area (Å²) >= 11 is 0. The highest BCUT2D eigenvalue weighted by molar-refractivity contribution is 7.11. The molecular weight excluding hydrogens is 340 g/mol. The maximum absolute atomic E-state index is 2.37. The van der Waals surface area contributed by atoms with Gasteiger partial charge in [0.15, 0.2) is 0 Å². The molecule has 3 rings (SSSR count). The summed E-state index contributed by atoms with van der Waals surface area (Å²) in [5.41, 5.74) is 1.42. The van der Waals surface area contributed by atoms with Crippen LogP contribution in [0.1, 0.15) is 33.1 Å². The van der Waals surface area contributed by atoms with Crippen LogP contribution in [0.3, 0.4) is 0 Å². The van der Waals surface area contributed by atoms with E-state index >= 15 is 0 Å². The van der Waals surface area contributed by atoms with Crippen LogP contribution in [0, 0.1) is 0 Å². The van der Waals surface area contributed by atoms with Crippen molar-refractivity contribution in [3.05, 3.63) is 103 Å². The molecule has 0 N–H and O–H groups in total. The topological polar surface area (TPSA) is 0 Å². The highest BCUT2D eigenvalue weighted by Gasteiger charge is 2.38. The van der Waals surface area contributed by atoms with Gasteiger partial charge in [-0.3, -0.25) is 0 Å². The Morgan fingerprint density at radius 2 is 1.04 bits per heavy atom. The van der Waals surface area contributed by atoms with Crippen molar-refractivity contribution in [3.63, 3.8) is 0 Å². The predicted molar refractivity (Wildman–Crippen MR) is 122 cm³/mol. The largest absolute Gasteiger partial charge is 0.148 e. The normalized spacial score (nSPS) is 11.2. The monoisotopic (exact) mass is 370 g/mol. The van der Waals surface area contributed by atoms with Crippen molar-refractivity contribution in [3.8, 4) is 0 Å². The molecule has 0 bridgehead atoms. The zero-order valence-corrected chi connectivity index (χ0v) is 17.6. The van der Waals surface area contributed by atoms with Gasteiger partial charge in [-0.15, -0.1) is 0 Å². The SMILES string of the molecule is CC(C)=CCCCC[Si](c1ccccc1)(c1ccccc1)c1ccccc1. The Kier molecular flexibility index (Phi) is 6.84.